The van der Waals surface area contributed by atoms with Crippen LogP contribution in [0.1, 0.15) is 53.9 Å². The Labute approximate surface area is 262 Å². The average Bonchev–Trinajstić information content (AvgIpc) is 3.34. The summed E-state index contributed by atoms with van der Waals surface area (Å²) in [5.41, 5.74) is 2.61. The molecule has 5 rings (SSSR count). The molecule has 3 aromatic carbocycles. The molecule has 0 saturated heterocycles. The van der Waals surface area contributed by atoms with Crippen LogP contribution in [0.25, 0.3) is 6.08 Å². The van der Waals surface area contributed by atoms with Crippen molar-refractivity contribution in [2.45, 2.75) is 33.4 Å². The van der Waals surface area contributed by atoms with E-state index in [2.05, 4.69) is 4.99 Å². The summed E-state index contributed by atoms with van der Waals surface area (Å²) >= 11 is 1.16. The minimum absolute atomic E-state index is 0.143. The molecule has 0 amide bonds. The first-order chi connectivity index (χ1) is 21.7. The largest absolute Gasteiger partial charge is 0.493 e. The Morgan fingerprint density at radius 1 is 0.978 bits per heavy atom. The molecule has 0 bridgehead atoms. The quantitative estimate of drug-likeness (QED) is 0.234. The summed E-state index contributed by atoms with van der Waals surface area (Å²) in [7, 11) is 1.52. The summed E-state index contributed by atoms with van der Waals surface area (Å²) in [4.78, 5) is 44.1. The van der Waals surface area contributed by atoms with Gasteiger partial charge in [-0.1, -0.05) is 47.7 Å². The molecule has 11 heteroatoms. The van der Waals surface area contributed by atoms with Crippen LogP contribution in [-0.4, -0.2) is 36.8 Å². The van der Waals surface area contributed by atoms with Crippen molar-refractivity contribution in [3.63, 3.8) is 0 Å². The van der Waals surface area contributed by atoms with Gasteiger partial charge < -0.3 is 18.9 Å². The standard InChI is InChI=1S/C34H31FN2O7S/c1-5-42-32(39)23-12-10-21(11-13-23)19-44-30-24(8-7-9-26(30)41-4)18-27-31(38)37-29(22-14-16-25(35)17-15-22)28(33(40)43-6-2)20(3)36-34(37)45-27/h7-18,29H,5-6,19H2,1-4H3/b27-18-/t29-/m0/s1. The third-order valence-corrected chi connectivity index (χ3v) is 8.05. The number of carbonyl (C=O) groups excluding carboxylic acids is 2. The number of allylic oxidation sites excluding steroid dienone is 1. The lowest BCUT2D eigenvalue weighted by Gasteiger charge is -2.24. The van der Waals surface area contributed by atoms with Crippen molar-refractivity contribution >= 4 is 29.4 Å². The average molecular weight is 631 g/mol. The first-order valence-corrected chi connectivity index (χ1v) is 15.1. The minimum atomic E-state index is -0.860. The number of methoxy groups -OCH3 is 1. The van der Waals surface area contributed by atoms with Gasteiger partial charge in [0.2, 0.25) is 0 Å². The maximum Gasteiger partial charge on any atom is 0.338 e. The molecule has 1 aliphatic rings. The molecule has 4 aromatic rings. The molecular formula is C34H31FN2O7S. The van der Waals surface area contributed by atoms with Gasteiger partial charge in [0.25, 0.3) is 5.56 Å². The molecule has 1 aromatic heterocycles. The zero-order valence-electron chi connectivity index (χ0n) is 25.2. The minimum Gasteiger partial charge on any atom is -0.493 e. The van der Waals surface area contributed by atoms with E-state index in [4.69, 9.17) is 18.9 Å². The highest BCUT2D eigenvalue weighted by molar-refractivity contribution is 7.07. The first kappa shape index (κ1) is 31.4. The second-order valence-corrected chi connectivity index (χ2v) is 10.9. The number of aromatic nitrogens is 1. The SMILES string of the molecule is CCOC(=O)C1=C(C)N=c2s/c(=C\c3cccc(OC)c3OCc3ccc(C(=O)OCC)cc3)c(=O)n2[C@H]1c1ccc(F)cc1. The lowest BCUT2D eigenvalue weighted by Crippen LogP contribution is -2.39. The van der Waals surface area contributed by atoms with Gasteiger partial charge in [-0.15, -0.1) is 0 Å². The Bertz CT molecular complexity index is 1940. The number of benzene rings is 3. The van der Waals surface area contributed by atoms with Crippen molar-refractivity contribution in [2.75, 3.05) is 20.3 Å². The summed E-state index contributed by atoms with van der Waals surface area (Å²) in [5, 5.41) is 0. The van der Waals surface area contributed by atoms with Crippen molar-refractivity contribution in [1.82, 2.24) is 4.57 Å². The highest BCUT2D eigenvalue weighted by Gasteiger charge is 2.33. The summed E-state index contributed by atoms with van der Waals surface area (Å²) in [5.74, 6) is -0.557. The predicted octanol–water partition coefficient (Wildman–Crippen LogP) is 4.70. The molecule has 9 nitrogen and oxygen atoms in total. The number of ether oxygens (including phenoxy) is 4. The maximum atomic E-state index is 14.0. The third-order valence-electron chi connectivity index (χ3n) is 7.07. The van der Waals surface area contributed by atoms with Crippen LogP contribution in [0.5, 0.6) is 11.5 Å². The van der Waals surface area contributed by atoms with Crippen LogP contribution >= 0.6 is 11.3 Å². The number of nitrogens with zero attached hydrogens (tertiary/aromatic N) is 2. The fourth-order valence-electron chi connectivity index (χ4n) is 4.96. The second kappa shape index (κ2) is 13.7. The van der Waals surface area contributed by atoms with E-state index in [0.29, 0.717) is 43.2 Å². The molecule has 45 heavy (non-hydrogen) atoms. The molecule has 0 fully saturated rings. The predicted molar refractivity (Wildman–Crippen MR) is 167 cm³/mol. The van der Waals surface area contributed by atoms with Crippen LogP contribution in [0, 0.1) is 5.82 Å². The normalized spacial score (nSPS) is 14.4. The number of fused-ring (bicyclic) bond motifs is 1. The summed E-state index contributed by atoms with van der Waals surface area (Å²) < 4.78 is 37.8. The van der Waals surface area contributed by atoms with E-state index in [1.165, 1.54) is 23.8 Å². The molecule has 0 spiro atoms. The molecule has 1 atom stereocenters. The van der Waals surface area contributed by atoms with Crippen LogP contribution in [0.4, 0.5) is 4.39 Å². The van der Waals surface area contributed by atoms with E-state index < -0.39 is 23.8 Å². The van der Waals surface area contributed by atoms with E-state index in [1.807, 2.05) is 0 Å². The Morgan fingerprint density at radius 2 is 1.67 bits per heavy atom. The topological polar surface area (TPSA) is 105 Å². The van der Waals surface area contributed by atoms with Crippen LogP contribution in [0.2, 0.25) is 0 Å². The van der Waals surface area contributed by atoms with Gasteiger partial charge in [-0.2, -0.15) is 0 Å². The summed E-state index contributed by atoms with van der Waals surface area (Å²) in [6.07, 6.45) is 1.69. The zero-order valence-corrected chi connectivity index (χ0v) is 26.0. The monoisotopic (exact) mass is 630 g/mol. The van der Waals surface area contributed by atoms with E-state index in [9.17, 15) is 18.8 Å². The fourth-order valence-corrected chi connectivity index (χ4v) is 6.00. The Kier molecular flexibility index (Phi) is 9.58. The Hall–Kier alpha value is -5.03. The second-order valence-electron chi connectivity index (χ2n) is 9.94. The lowest BCUT2D eigenvalue weighted by atomic mass is 9.96. The third kappa shape index (κ3) is 6.58. The number of halogens is 1. The zero-order chi connectivity index (χ0) is 32.1. The van der Waals surface area contributed by atoms with Gasteiger partial charge in [0.05, 0.1) is 47.7 Å². The molecule has 0 radical (unpaired) electrons. The highest BCUT2D eigenvalue weighted by Crippen LogP contribution is 2.33. The van der Waals surface area contributed by atoms with Gasteiger partial charge in [0.15, 0.2) is 16.3 Å². The van der Waals surface area contributed by atoms with Gasteiger partial charge in [-0.25, -0.2) is 19.0 Å². The van der Waals surface area contributed by atoms with Gasteiger partial charge >= 0.3 is 11.9 Å². The van der Waals surface area contributed by atoms with Gasteiger partial charge in [-0.3, -0.25) is 9.36 Å². The number of carbonyl (C=O) groups is 2. The molecule has 0 N–H and O–H groups in total. The molecule has 0 unspecified atom stereocenters. The van der Waals surface area contributed by atoms with Crippen molar-refractivity contribution in [1.29, 1.82) is 0 Å². The highest BCUT2D eigenvalue weighted by atomic mass is 32.1. The first-order valence-electron chi connectivity index (χ1n) is 14.3. The Balaban J connectivity index is 1.55. The molecular weight excluding hydrogens is 599 g/mol. The van der Waals surface area contributed by atoms with Crippen molar-refractivity contribution in [3.05, 3.63) is 126 Å². The number of hydrogen-bond donors (Lipinski definition) is 0. The number of hydrogen-bond acceptors (Lipinski definition) is 9. The van der Waals surface area contributed by atoms with Crippen molar-refractivity contribution in [2.24, 2.45) is 4.99 Å². The van der Waals surface area contributed by atoms with Crippen LogP contribution in [-0.2, 0) is 20.9 Å². The van der Waals surface area contributed by atoms with Crippen molar-refractivity contribution < 1.29 is 32.9 Å². The molecule has 1 aliphatic heterocycles. The number of thiazole rings is 1. The number of para-hydroxylation sites is 1. The van der Waals surface area contributed by atoms with E-state index in [-0.39, 0.29) is 31.0 Å². The smallest absolute Gasteiger partial charge is 0.338 e. The summed E-state index contributed by atoms with van der Waals surface area (Å²) in [6.45, 7) is 5.73. The molecule has 232 valence electrons. The van der Waals surface area contributed by atoms with Crippen LogP contribution in [0.15, 0.2) is 87.8 Å². The number of rotatable bonds is 10. The van der Waals surface area contributed by atoms with E-state index >= 15 is 0 Å². The molecule has 0 aliphatic carbocycles. The van der Waals surface area contributed by atoms with Crippen molar-refractivity contribution in [3.8, 4) is 11.5 Å². The number of esters is 2. The van der Waals surface area contributed by atoms with Crippen LogP contribution in [0.3, 0.4) is 0 Å². The molecule has 0 saturated carbocycles. The van der Waals surface area contributed by atoms with Crippen LogP contribution < -0.4 is 24.4 Å². The fraction of sp³-hybridized carbons (Fsp3) is 0.235. The van der Waals surface area contributed by atoms with Gasteiger partial charge in [0, 0.05) is 5.56 Å². The van der Waals surface area contributed by atoms with Gasteiger partial charge in [0.1, 0.15) is 12.4 Å². The summed E-state index contributed by atoms with van der Waals surface area (Å²) in [6, 6.07) is 17.0. The Morgan fingerprint density at radius 3 is 2.33 bits per heavy atom. The van der Waals surface area contributed by atoms with Gasteiger partial charge in [-0.05, 0) is 68.3 Å². The maximum absolute atomic E-state index is 14.0. The van der Waals surface area contributed by atoms with E-state index in [1.54, 1.807) is 81.4 Å². The molecule has 2 heterocycles. The lowest BCUT2D eigenvalue weighted by molar-refractivity contribution is -0.139. The van der Waals surface area contributed by atoms with E-state index in [0.717, 1.165) is 16.9 Å².